The van der Waals surface area contributed by atoms with Crippen molar-refractivity contribution in [1.82, 2.24) is 9.29 Å². The van der Waals surface area contributed by atoms with Crippen molar-refractivity contribution >= 4 is 10.0 Å². The van der Waals surface area contributed by atoms with E-state index >= 15 is 0 Å². The van der Waals surface area contributed by atoms with Crippen LogP contribution in [0.4, 0.5) is 4.39 Å². The van der Waals surface area contributed by atoms with Crippen LogP contribution in [0.1, 0.15) is 11.3 Å². The highest BCUT2D eigenvalue weighted by molar-refractivity contribution is 7.89. The number of nitrogens with one attached hydrogen (secondary N) is 1. The number of pyridine rings is 1. The number of rotatable bonds is 6. The Kier molecular flexibility index (Phi) is 5.40. The summed E-state index contributed by atoms with van der Waals surface area (Å²) < 4.78 is 46.6. The molecule has 0 spiro atoms. The number of nitrogens with zero attached hydrogens (tertiary/aromatic N) is 1. The summed E-state index contributed by atoms with van der Waals surface area (Å²) in [7, 11) is -2.30. The Labute approximate surface area is 139 Å². The first kappa shape index (κ1) is 18.2. The third-order valence-electron chi connectivity index (χ3n) is 3.60. The molecule has 0 aliphatic rings. The lowest BCUT2D eigenvalue weighted by Crippen LogP contribution is -2.32. The average Bonchev–Trinajstić information content (AvgIpc) is 2.49. The van der Waals surface area contributed by atoms with Crippen molar-refractivity contribution in [2.45, 2.75) is 25.3 Å². The number of methoxy groups -OCH3 is 1. The molecule has 0 unspecified atom stereocenters. The lowest BCUT2D eigenvalue weighted by Gasteiger charge is -2.13. The van der Waals surface area contributed by atoms with Gasteiger partial charge in [0.25, 0.3) is 5.56 Å². The van der Waals surface area contributed by atoms with Crippen LogP contribution in [-0.2, 0) is 16.6 Å². The molecule has 2 aromatic rings. The van der Waals surface area contributed by atoms with Crippen LogP contribution in [0.2, 0.25) is 0 Å². The lowest BCUT2D eigenvalue weighted by molar-refractivity contribution is 0.411. The summed E-state index contributed by atoms with van der Waals surface area (Å²) in [5, 5.41) is 0. The molecule has 1 N–H and O–H groups in total. The molecule has 0 fully saturated rings. The van der Waals surface area contributed by atoms with Gasteiger partial charge in [0.2, 0.25) is 10.0 Å². The summed E-state index contributed by atoms with van der Waals surface area (Å²) in [5.74, 6) is -0.0388. The monoisotopic (exact) mass is 354 g/mol. The van der Waals surface area contributed by atoms with Gasteiger partial charge in [0.1, 0.15) is 11.6 Å². The first-order chi connectivity index (χ1) is 11.2. The van der Waals surface area contributed by atoms with Crippen LogP contribution in [0.3, 0.4) is 0 Å². The highest BCUT2D eigenvalue weighted by Gasteiger charge is 2.16. The van der Waals surface area contributed by atoms with E-state index in [1.165, 1.54) is 30.7 Å². The van der Waals surface area contributed by atoms with E-state index in [0.29, 0.717) is 17.0 Å². The van der Waals surface area contributed by atoms with Gasteiger partial charge in [0.05, 0.1) is 12.0 Å². The Balaban J connectivity index is 2.13. The maximum Gasteiger partial charge on any atom is 0.254 e. The predicted molar refractivity (Wildman–Crippen MR) is 88.3 cm³/mol. The minimum atomic E-state index is -3.77. The number of aryl methyl sites for hydroxylation is 2. The second-order valence-corrected chi connectivity index (χ2v) is 7.07. The molecule has 0 aliphatic carbocycles. The number of aromatic nitrogens is 1. The Bertz CT molecular complexity index is 907. The smallest absolute Gasteiger partial charge is 0.254 e. The quantitative estimate of drug-likeness (QED) is 0.855. The maximum absolute atomic E-state index is 13.1. The Morgan fingerprint density at radius 1 is 1.21 bits per heavy atom. The Morgan fingerprint density at radius 3 is 2.50 bits per heavy atom. The number of benzene rings is 1. The summed E-state index contributed by atoms with van der Waals surface area (Å²) >= 11 is 0. The second-order valence-electron chi connectivity index (χ2n) is 5.33. The fourth-order valence-corrected chi connectivity index (χ4v) is 3.63. The van der Waals surface area contributed by atoms with Crippen LogP contribution in [0.25, 0.3) is 0 Å². The molecular weight excluding hydrogens is 335 g/mol. The van der Waals surface area contributed by atoms with E-state index in [1.54, 1.807) is 13.0 Å². The van der Waals surface area contributed by atoms with Crippen molar-refractivity contribution in [2.75, 3.05) is 13.7 Å². The van der Waals surface area contributed by atoms with Crippen LogP contribution in [0.15, 0.2) is 40.0 Å². The highest BCUT2D eigenvalue weighted by atomic mass is 32.2. The van der Waals surface area contributed by atoms with Crippen LogP contribution in [-0.4, -0.2) is 26.6 Å². The fourth-order valence-electron chi connectivity index (χ4n) is 2.39. The van der Waals surface area contributed by atoms with Crippen LogP contribution >= 0.6 is 0 Å². The maximum atomic E-state index is 13.1. The van der Waals surface area contributed by atoms with E-state index in [0.717, 1.165) is 12.1 Å². The Morgan fingerprint density at radius 2 is 1.92 bits per heavy atom. The molecule has 0 bridgehead atoms. The minimum Gasteiger partial charge on any atom is -0.496 e. The van der Waals surface area contributed by atoms with Gasteiger partial charge in [-0.15, -0.1) is 0 Å². The van der Waals surface area contributed by atoms with Crippen molar-refractivity contribution in [2.24, 2.45) is 0 Å². The van der Waals surface area contributed by atoms with E-state index in [-0.39, 0.29) is 23.5 Å². The highest BCUT2D eigenvalue weighted by Crippen LogP contribution is 2.15. The van der Waals surface area contributed by atoms with E-state index in [9.17, 15) is 17.6 Å². The third kappa shape index (κ3) is 4.01. The molecule has 6 nitrogen and oxygen atoms in total. The van der Waals surface area contributed by atoms with Crippen molar-refractivity contribution in [3.63, 3.8) is 0 Å². The van der Waals surface area contributed by atoms with Gasteiger partial charge in [-0.05, 0) is 43.7 Å². The van der Waals surface area contributed by atoms with Crippen molar-refractivity contribution in [1.29, 1.82) is 0 Å². The van der Waals surface area contributed by atoms with Gasteiger partial charge in [-0.2, -0.15) is 0 Å². The molecule has 0 amide bonds. The number of hydrogen-bond acceptors (Lipinski definition) is 4. The summed E-state index contributed by atoms with van der Waals surface area (Å²) in [6.07, 6.45) is 0. The van der Waals surface area contributed by atoms with Crippen LogP contribution in [0.5, 0.6) is 5.75 Å². The molecule has 130 valence electrons. The van der Waals surface area contributed by atoms with E-state index in [1.807, 2.05) is 0 Å². The molecule has 1 aromatic carbocycles. The van der Waals surface area contributed by atoms with Gasteiger partial charge < -0.3 is 9.30 Å². The average molecular weight is 354 g/mol. The number of halogens is 1. The molecule has 1 aromatic heterocycles. The van der Waals surface area contributed by atoms with Gasteiger partial charge in [-0.3, -0.25) is 4.79 Å². The van der Waals surface area contributed by atoms with E-state index in [2.05, 4.69) is 4.72 Å². The van der Waals surface area contributed by atoms with Gasteiger partial charge in [0.15, 0.2) is 0 Å². The summed E-state index contributed by atoms with van der Waals surface area (Å²) in [4.78, 5) is 12.0. The Hall–Kier alpha value is -2.19. The second kappa shape index (κ2) is 7.14. The van der Waals surface area contributed by atoms with Gasteiger partial charge in [0, 0.05) is 24.8 Å². The van der Waals surface area contributed by atoms with Crippen molar-refractivity contribution < 1.29 is 17.5 Å². The van der Waals surface area contributed by atoms with Gasteiger partial charge >= 0.3 is 0 Å². The third-order valence-corrected chi connectivity index (χ3v) is 5.22. The van der Waals surface area contributed by atoms with Crippen LogP contribution in [0, 0.1) is 19.7 Å². The number of ether oxygens (including phenoxy) is 1. The zero-order chi connectivity index (χ0) is 17.9. The summed E-state index contributed by atoms with van der Waals surface area (Å²) in [5.41, 5.74) is 0.709. The molecule has 0 atom stereocenters. The molecule has 0 saturated heterocycles. The predicted octanol–water partition coefficient (Wildman–Crippen LogP) is 1.59. The summed E-state index contributed by atoms with van der Waals surface area (Å²) in [6, 6.07) is 6.51. The number of hydrogen-bond donors (Lipinski definition) is 1. The molecule has 2 rings (SSSR count). The minimum absolute atomic E-state index is 0.0164. The number of sulfonamides is 1. The van der Waals surface area contributed by atoms with E-state index in [4.69, 9.17) is 4.74 Å². The van der Waals surface area contributed by atoms with Gasteiger partial charge in [-0.1, -0.05) is 0 Å². The first-order valence-corrected chi connectivity index (χ1v) is 8.74. The zero-order valence-electron chi connectivity index (χ0n) is 13.7. The molecule has 0 saturated carbocycles. The fraction of sp³-hybridized carbons (Fsp3) is 0.312. The van der Waals surface area contributed by atoms with E-state index < -0.39 is 15.8 Å². The normalized spacial score (nSPS) is 11.5. The largest absolute Gasteiger partial charge is 0.496 e. The standard InChI is InChI=1S/C16H19FN2O4S/c1-11-8-13(17)4-5-15(11)24(21,22)18-6-7-19-12(2)9-14(23-3)10-16(19)20/h4-5,8-10,18H,6-7H2,1-3H3. The van der Waals surface area contributed by atoms with Gasteiger partial charge in [-0.25, -0.2) is 17.5 Å². The van der Waals surface area contributed by atoms with Crippen LogP contribution < -0.4 is 15.0 Å². The molecule has 0 aliphatic heterocycles. The molecule has 0 radical (unpaired) electrons. The molecule has 1 heterocycles. The zero-order valence-corrected chi connectivity index (χ0v) is 14.5. The SMILES string of the molecule is COc1cc(C)n(CCNS(=O)(=O)c2ccc(F)cc2C)c(=O)c1. The summed E-state index contributed by atoms with van der Waals surface area (Å²) in [6.45, 7) is 3.47. The van der Waals surface area contributed by atoms with Crippen molar-refractivity contribution in [3.05, 3.63) is 57.8 Å². The molecule has 24 heavy (non-hydrogen) atoms. The first-order valence-electron chi connectivity index (χ1n) is 7.26. The molecule has 8 heteroatoms. The lowest BCUT2D eigenvalue weighted by atomic mass is 10.2. The molecular formula is C16H19FN2O4S. The van der Waals surface area contributed by atoms with Crippen molar-refractivity contribution in [3.8, 4) is 5.75 Å². The topological polar surface area (TPSA) is 77.4 Å².